The summed E-state index contributed by atoms with van der Waals surface area (Å²) in [5.74, 6) is -2.26. The average Bonchev–Trinajstić information content (AvgIpc) is 2.94. The topological polar surface area (TPSA) is 308 Å². The number of esters is 2. The number of carbonyl (C=O) groups excluding carboxylic acids is 4. The molecule has 2 unspecified atom stereocenters. The van der Waals surface area contributed by atoms with Crippen LogP contribution in [0.3, 0.4) is 0 Å². The molecule has 0 aromatic carbocycles. The number of phosphoric ester groups is 1. The number of nitrogens with one attached hydrogen (secondary N) is 1. The summed E-state index contributed by atoms with van der Waals surface area (Å²) in [5.41, 5.74) is 0. The molecule has 0 fully saturated rings. The summed E-state index contributed by atoms with van der Waals surface area (Å²) in [4.78, 5) is 92.5. The molecule has 0 aliphatic rings. The summed E-state index contributed by atoms with van der Waals surface area (Å²) in [7, 11) is -15.7. The van der Waals surface area contributed by atoms with Gasteiger partial charge in [0.1, 0.15) is 19.8 Å². The van der Waals surface area contributed by atoms with Crippen molar-refractivity contribution in [3.05, 3.63) is 0 Å². The molecule has 2 atom stereocenters. The molecule has 0 aromatic heterocycles. The molecule has 20 nitrogen and oxygen atoms in total. The molecule has 45 heavy (non-hydrogen) atoms. The Balaban J connectivity index is 4.13. The van der Waals surface area contributed by atoms with Crippen molar-refractivity contribution in [3.63, 3.8) is 0 Å². The molecule has 0 rings (SSSR count). The monoisotopic (exact) mass is 717 g/mol. The quantitative estimate of drug-likeness (QED) is 0.0342. The van der Waals surface area contributed by atoms with E-state index in [1.54, 1.807) is 6.92 Å². The average molecular weight is 717 g/mol. The Kier molecular flexibility index (Phi) is 20.5. The lowest BCUT2D eigenvalue weighted by atomic mass is 10.2. The number of Topliss-reactive ketones (excluding diaryl/α,β-unsaturated/α-hetero) is 1. The van der Waals surface area contributed by atoms with E-state index >= 15 is 0 Å². The largest absolute Gasteiger partial charge is 0.472 e. The van der Waals surface area contributed by atoms with E-state index < -0.39 is 71.7 Å². The zero-order chi connectivity index (χ0) is 34.7. The predicted octanol–water partition coefficient (Wildman–Crippen LogP) is -0.325. The van der Waals surface area contributed by atoms with E-state index in [4.69, 9.17) is 47.6 Å². The summed E-state index contributed by atoms with van der Waals surface area (Å²) in [6.07, 6.45) is -2.44. The van der Waals surface area contributed by atoms with Crippen LogP contribution in [-0.2, 0) is 60.9 Å². The molecule has 0 heterocycles. The van der Waals surface area contributed by atoms with E-state index in [0.717, 1.165) is 0 Å². The molecule has 0 aliphatic heterocycles. The fraction of sp³-hybridized carbons (Fsp3) is 0.818. The van der Waals surface area contributed by atoms with E-state index in [9.17, 15) is 42.9 Å². The van der Waals surface area contributed by atoms with Crippen LogP contribution in [0.1, 0.15) is 52.4 Å². The highest BCUT2D eigenvalue weighted by Gasteiger charge is 2.58. The number of amides is 1. The predicted molar refractivity (Wildman–Crippen MR) is 150 cm³/mol. The number of carbonyl (C=O) groups is 4. The van der Waals surface area contributed by atoms with E-state index in [1.165, 1.54) is 6.92 Å². The summed E-state index contributed by atoms with van der Waals surface area (Å²) >= 11 is 0. The third-order valence-electron chi connectivity index (χ3n) is 5.40. The number of ketones is 1. The lowest BCUT2D eigenvalue weighted by Gasteiger charge is -2.29. The second kappa shape index (κ2) is 21.3. The van der Waals surface area contributed by atoms with Gasteiger partial charge in [0.15, 0.2) is 11.9 Å². The number of aliphatic hydroxyl groups is 1. The molecule has 0 aliphatic carbocycles. The van der Waals surface area contributed by atoms with Crippen molar-refractivity contribution in [3.8, 4) is 0 Å². The van der Waals surface area contributed by atoms with Crippen LogP contribution in [0.5, 0.6) is 0 Å². The van der Waals surface area contributed by atoms with Crippen LogP contribution in [0.25, 0.3) is 0 Å². The summed E-state index contributed by atoms with van der Waals surface area (Å²) in [5, 5.41) is 8.45. The summed E-state index contributed by atoms with van der Waals surface area (Å²) in [6, 6.07) is 0. The first-order valence-corrected chi connectivity index (χ1v) is 18.2. The Morgan fingerprint density at radius 3 is 1.91 bits per heavy atom. The zero-order valence-electron chi connectivity index (χ0n) is 24.8. The van der Waals surface area contributed by atoms with Gasteiger partial charge in [-0.2, -0.15) is 0 Å². The first-order valence-electron chi connectivity index (χ1n) is 13.5. The molecule has 0 saturated heterocycles. The number of hydrogen-bond acceptors (Lipinski definition) is 14. The fourth-order valence-corrected chi connectivity index (χ4v) is 5.99. The third-order valence-corrected chi connectivity index (χ3v) is 10.3. The van der Waals surface area contributed by atoms with E-state index in [1.807, 2.05) is 0 Å². The van der Waals surface area contributed by atoms with Crippen LogP contribution in [0, 0.1) is 0 Å². The van der Waals surface area contributed by atoms with Crippen LogP contribution < -0.4 is 5.32 Å². The van der Waals surface area contributed by atoms with Crippen LogP contribution in [0.15, 0.2) is 0 Å². The molecule has 0 saturated carbocycles. The number of hydrogen-bond donors (Lipinski definition) is 7. The number of phosphoric acid groups is 1. The lowest BCUT2D eigenvalue weighted by Crippen LogP contribution is -2.32. The van der Waals surface area contributed by atoms with Gasteiger partial charge < -0.3 is 53.8 Å². The molecule has 0 aromatic rings. The van der Waals surface area contributed by atoms with Gasteiger partial charge in [0.25, 0.3) is 5.08 Å². The van der Waals surface area contributed by atoms with E-state index in [-0.39, 0.29) is 77.5 Å². The Hall–Kier alpha value is -1.63. The Morgan fingerprint density at radius 1 is 0.778 bits per heavy atom. The minimum absolute atomic E-state index is 0.0155. The van der Waals surface area contributed by atoms with Gasteiger partial charge in [-0.1, -0.05) is 13.8 Å². The minimum atomic E-state index is -5.58. The molecule has 264 valence electrons. The second-order valence-corrected chi connectivity index (χ2v) is 14.6. The van der Waals surface area contributed by atoms with Crippen LogP contribution in [0.4, 0.5) is 0 Å². The van der Waals surface area contributed by atoms with Crippen molar-refractivity contribution >= 4 is 46.6 Å². The second-order valence-electron chi connectivity index (χ2n) is 9.16. The first kappa shape index (κ1) is 43.4. The highest BCUT2D eigenvalue weighted by Crippen LogP contribution is 2.69. The van der Waals surface area contributed by atoms with Gasteiger partial charge in [-0.25, -0.2) is 4.57 Å². The highest BCUT2D eigenvalue weighted by molar-refractivity contribution is 7.72. The Morgan fingerprint density at radius 2 is 1.36 bits per heavy atom. The van der Waals surface area contributed by atoms with Gasteiger partial charge in [-0.3, -0.25) is 37.4 Å². The number of ether oxygens (including phenoxy) is 4. The smallest absolute Gasteiger partial charge is 0.462 e. The van der Waals surface area contributed by atoms with Crippen molar-refractivity contribution in [2.75, 3.05) is 52.8 Å². The van der Waals surface area contributed by atoms with Crippen LogP contribution >= 0.6 is 23.0 Å². The van der Waals surface area contributed by atoms with Gasteiger partial charge in [-0.15, -0.1) is 0 Å². The van der Waals surface area contributed by atoms with Crippen molar-refractivity contribution in [1.82, 2.24) is 5.32 Å². The summed E-state index contributed by atoms with van der Waals surface area (Å²) in [6.45, 7) is 0.527. The van der Waals surface area contributed by atoms with Crippen LogP contribution in [0.2, 0.25) is 0 Å². The van der Waals surface area contributed by atoms with E-state index in [0.29, 0.717) is 0 Å². The molecule has 7 N–H and O–H groups in total. The third kappa shape index (κ3) is 18.9. The van der Waals surface area contributed by atoms with Crippen molar-refractivity contribution in [2.24, 2.45) is 0 Å². The maximum atomic E-state index is 12.1. The SMILES string of the molecule is CCC(=O)OCC(COP(=O)(O)OCCCC(=O)COCCOCC(=O)NCCCC(O)(P(=O)(O)O)P(=O)(O)O)OC(=O)CC. The van der Waals surface area contributed by atoms with Crippen LogP contribution in [-0.4, -0.2) is 117 Å². The van der Waals surface area contributed by atoms with Crippen molar-refractivity contribution in [2.45, 2.75) is 63.6 Å². The molecule has 0 spiro atoms. The summed E-state index contributed by atoms with van der Waals surface area (Å²) < 4.78 is 64.2. The van der Waals surface area contributed by atoms with Gasteiger partial charge >= 0.3 is 35.0 Å². The van der Waals surface area contributed by atoms with E-state index in [2.05, 4.69) is 5.32 Å². The normalized spacial score (nSPS) is 14.3. The highest BCUT2D eigenvalue weighted by atomic mass is 31.2. The van der Waals surface area contributed by atoms with Crippen molar-refractivity contribution < 1.29 is 90.4 Å². The maximum Gasteiger partial charge on any atom is 0.472 e. The molecule has 0 bridgehead atoms. The maximum absolute atomic E-state index is 12.1. The van der Waals surface area contributed by atoms with Gasteiger partial charge in [0.05, 0.1) is 26.4 Å². The Bertz CT molecular complexity index is 1070. The zero-order valence-corrected chi connectivity index (χ0v) is 27.5. The first-order chi connectivity index (χ1) is 20.8. The number of rotatable bonds is 26. The molecule has 0 radical (unpaired) electrons. The lowest BCUT2D eigenvalue weighted by molar-refractivity contribution is -0.160. The van der Waals surface area contributed by atoms with Crippen molar-refractivity contribution in [1.29, 1.82) is 0 Å². The molecule has 1 amide bonds. The molecular formula is C22H42NO19P3. The van der Waals surface area contributed by atoms with Gasteiger partial charge in [0, 0.05) is 32.2 Å². The van der Waals surface area contributed by atoms with Gasteiger partial charge in [-0.05, 0) is 12.8 Å². The minimum Gasteiger partial charge on any atom is -0.462 e. The molecule has 23 heteroatoms. The molecular weight excluding hydrogens is 675 g/mol. The standard InChI is InChI=1S/C22H42NO19P3/c1-3-20(26)39-14-18(42-21(27)4-2)15-41-45(35,36)40-10-5-7-17(24)13-37-11-12-38-16-19(25)23-9-6-8-22(28,43(29,30)31)44(32,33)34/h18,28H,3-16H2,1-2H3,(H,23,25)(H,35,36)(H2,29,30,31)(H2,32,33,34). The van der Waals surface area contributed by atoms with Gasteiger partial charge in [0.2, 0.25) is 5.91 Å². The fourth-order valence-electron chi connectivity index (χ4n) is 2.94. The Labute approximate surface area is 259 Å².